The second-order valence-corrected chi connectivity index (χ2v) is 5.46. The van der Waals surface area contributed by atoms with Gasteiger partial charge in [-0.3, -0.25) is 0 Å². The molecule has 0 bridgehead atoms. The number of morpholine rings is 1. The topological polar surface area (TPSA) is 61.9 Å². The number of hydrogen-bond donors (Lipinski definition) is 0. The van der Waals surface area contributed by atoms with Crippen LogP contribution in [0.2, 0.25) is 0 Å². The van der Waals surface area contributed by atoms with Crippen LogP contribution in [0.4, 0.5) is 5.69 Å². The molecule has 0 spiro atoms. The molecule has 115 valence electrons. The van der Waals surface area contributed by atoms with E-state index in [0.29, 0.717) is 0 Å². The highest BCUT2D eigenvalue weighted by Crippen LogP contribution is 2.43. The molecule has 23 heavy (non-hydrogen) atoms. The normalized spacial score (nSPS) is 19.2. The summed E-state index contributed by atoms with van der Waals surface area (Å²) in [4.78, 5) is 2.30. The molecular formula is C17H16N5O. The van der Waals surface area contributed by atoms with Crippen LogP contribution in [0.1, 0.15) is 11.1 Å². The van der Waals surface area contributed by atoms with Gasteiger partial charge in [0.15, 0.2) is 0 Å². The van der Waals surface area contributed by atoms with E-state index in [1.54, 1.807) is 0 Å². The Balaban J connectivity index is 1.85. The third-order valence-corrected chi connectivity index (χ3v) is 4.17. The summed E-state index contributed by atoms with van der Waals surface area (Å²) < 4.78 is 5.47. The highest BCUT2D eigenvalue weighted by molar-refractivity contribution is 5.59. The van der Waals surface area contributed by atoms with Crippen LogP contribution < -0.4 is 4.90 Å². The number of benzene rings is 2. The van der Waals surface area contributed by atoms with Crippen molar-refractivity contribution in [3.05, 3.63) is 65.7 Å². The Kier molecular flexibility index (Phi) is 3.59. The van der Waals surface area contributed by atoms with E-state index >= 15 is 0 Å². The second kappa shape index (κ2) is 5.89. The van der Waals surface area contributed by atoms with Gasteiger partial charge in [0.1, 0.15) is 0 Å². The number of ether oxygens (including phenoxy) is 1. The molecule has 0 unspecified atom stereocenters. The van der Waals surface area contributed by atoms with E-state index < -0.39 is 5.66 Å². The molecule has 2 aliphatic rings. The number of nitrogens with zero attached hydrogens (tertiary/aromatic N) is 5. The molecule has 2 aromatic rings. The molecule has 6 nitrogen and oxygen atoms in total. The van der Waals surface area contributed by atoms with Gasteiger partial charge in [-0.1, -0.05) is 42.5 Å². The summed E-state index contributed by atoms with van der Waals surface area (Å²) in [6.07, 6.45) is 0. The largest absolute Gasteiger partial charge is 0.378 e. The monoisotopic (exact) mass is 306 g/mol. The molecule has 4 rings (SSSR count). The van der Waals surface area contributed by atoms with Crippen molar-refractivity contribution < 1.29 is 4.74 Å². The third-order valence-electron chi connectivity index (χ3n) is 4.17. The molecule has 1 saturated heterocycles. The van der Waals surface area contributed by atoms with Crippen molar-refractivity contribution in [3.63, 3.8) is 0 Å². The molecule has 1 fully saturated rings. The van der Waals surface area contributed by atoms with Crippen LogP contribution in [0, 0.1) is 6.07 Å². The molecule has 2 heterocycles. The lowest BCUT2D eigenvalue weighted by Gasteiger charge is -2.33. The number of anilines is 1. The highest BCUT2D eigenvalue weighted by atomic mass is 16.5. The van der Waals surface area contributed by atoms with Crippen molar-refractivity contribution in [3.8, 4) is 0 Å². The van der Waals surface area contributed by atoms with Crippen molar-refractivity contribution in [2.24, 2.45) is 20.7 Å². The van der Waals surface area contributed by atoms with Crippen molar-refractivity contribution in [1.82, 2.24) is 0 Å². The quantitative estimate of drug-likeness (QED) is 0.873. The van der Waals surface area contributed by atoms with E-state index in [0.717, 1.165) is 43.1 Å². The van der Waals surface area contributed by atoms with Crippen LogP contribution in [-0.2, 0) is 10.4 Å². The van der Waals surface area contributed by atoms with Gasteiger partial charge in [-0.2, -0.15) is 0 Å². The summed E-state index contributed by atoms with van der Waals surface area (Å²) in [6.45, 7) is 3.16. The van der Waals surface area contributed by atoms with Crippen LogP contribution in [0.15, 0.2) is 69.2 Å². The standard InChI is InChI=1S/C17H16N5O/c1-2-6-14(7-3-1)17(18-20-21-19-17)15-8-4-5-9-16(15)22-10-12-23-13-11-22/h2-9H,10-13H2. The van der Waals surface area contributed by atoms with Gasteiger partial charge in [0.05, 0.1) is 13.2 Å². The predicted octanol–water partition coefficient (Wildman–Crippen LogP) is 3.36. The predicted molar refractivity (Wildman–Crippen MR) is 85.2 cm³/mol. The van der Waals surface area contributed by atoms with Crippen LogP contribution in [-0.4, -0.2) is 26.3 Å². The number of hydrogen-bond acceptors (Lipinski definition) is 6. The fourth-order valence-corrected chi connectivity index (χ4v) is 3.04. The van der Waals surface area contributed by atoms with Crippen LogP contribution >= 0.6 is 0 Å². The molecule has 1 radical (unpaired) electrons. The summed E-state index contributed by atoms with van der Waals surface area (Å²) in [5.41, 5.74) is 2.10. The van der Waals surface area contributed by atoms with Gasteiger partial charge in [-0.25, -0.2) is 0 Å². The van der Waals surface area contributed by atoms with E-state index in [1.807, 2.05) is 42.5 Å². The second-order valence-electron chi connectivity index (χ2n) is 5.46. The van der Waals surface area contributed by atoms with Crippen LogP contribution in [0.5, 0.6) is 0 Å². The summed E-state index contributed by atoms with van der Waals surface area (Å²) >= 11 is 0. The first-order valence-electron chi connectivity index (χ1n) is 7.63. The molecule has 2 aromatic carbocycles. The van der Waals surface area contributed by atoms with Crippen molar-refractivity contribution in [2.75, 3.05) is 31.2 Å². The Morgan fingerprint density at radius 3 is 2.39 bits per heavy atom. The average molecular weight is 306 g/mol. The van der Waals surface area contributed by atoms with Crippen molar-refractivity contribution in [1.29, 1.82) is 0 Å². The van der Waals surface area contributed by atoms with E-state index in [4.69, 9.17) is 4.74 Å². The highest BCUT2D eigenvalue weighted by Gasteiger charge is 2.40. The fraction of sp³-hybridized carbons (Fsp3) is 0.294. The minimum Gasteiger partial charge on any atom is -0.378 e. The zero-order valence-electron chi connectivity index (χ0n) is 12.6. The first-order valence-corrected chi connectivity index (χ1v) is 7.63. The average Bonchev–Trinajstić information content (AvgIpc) is 3.14. The zero-order chi connectivity index (χ0) is 15.5. The summed E-state index contributed by atoms with van der Waals surface area (Å²) in [5.74, 6) is 0. The third kappa shape index (κ3) is 2.41. The lowest BCUT2D eigenvalue weighted by molar-refractivity contribution is 0.122. The molecule has 0 aliphatic carbocycles. The first-order chi connectivity index (χ1) is 11.4. The molecule has 0 aromatic heterocycles. The molecular weight excluding hydrogens is 290 g/mol. The maximum absolute atomic E-state index is 5.47. The van der Waals surface area contributed by atoms with Crippen LogP contribution in [0.3, 0.4) is 0 Å². The number of rotatable bonds is 3. The summed E-state index contributed by atoms with van der Waals surface area (Å²) in [6, 6.07) is 18.8. The first kappa shape index (κ1) is 14.0. The van der Waals surface area contributed by atoms with Gasteiger partial charge in [-0.15, -0.1) is 10.2 Å². The summed E-state index contributed by atoms with van der Waals surface area (Å²) in [7, 11) is 0. The summed E-state index contributed by atoms with van der Waals surface area (Å²) in [5, 5.41) is 16.4. The lowest BCUT2D eigenvalue weighted by Crippen LogP contribution is -2.38. The van der Waals surface area contributed by atoms with Crippen LogP contribution in [0.25, 0.3) is 0 Å². The molecule has 2 aliphatic heterocycles. The maximum atomic E-state index is 5.47. The van der Waals surface area contributed by atoms with E-state index in [1.165, 1.54) is 0 Å². The Bertz CT molecular complexity index is 726. The van der Waals surface area contributed by atoms with Gasteiger partial charge < -0.3 is 9.64 Å². The number of para-hydroxylation sites is 1. The van der Waals surface area contributed by atoms with Gasteiger partial charge in [-0.05, 0) is 22.6 Å². The molecule has 0 amide bonds. The smallest absolute Gasteiger partial charge is 0.247 e. The minimum absolute atomic E-state index is 0.727. The molecule has 0 atom stereocenters. The van der Waals surface area contributed by atoms with E-state index in [-0.39, 0.29) is 0 Å². The van der Waals surface area contributed by atoms with Crippen molar-refractivity contribution in [2.45, 2.75) is 5.66 Å². The maximum Gasteiger partial charge on any atom is 0.247 e. The Labute approximate surface area is 134 Å². The lowest BCUT2D eigenvalue weighted by atomic mass is 9.91. The Hall–Kier alpha value is -2.60. The van der Waals surface area contributed by atoms with Crippen molar-refractivity contribution >= 4 is 5.69 Å². The fourth-order valence-electron chi connectivity index (χ4n) is 3.04. The van der Waals surface area contributed by atoms with E-state index in [2.05, 4.69) is 37.7 Å². The van der Waals surface area contributed by atoms with Gasteiger partial charge in [0.25, 0.3) is 0 Å². The Morgan fingerprint density at radius 1 is 0.957 bits per heavy atom. The SMILES string of the molecule is [c]1ccc(C2(c3ccccc3N3CCOCC3)N=NN=N2)cc1. The van der Waals surface area contributed by atoms with Gasteiger partial charge >= 0.3 is 0 Å². The Morgan fingerprint density at radius 2 is 1.65 bits per heavy atom. The molecule has 6 heteroatoms. The molecule has 0 saturated carbocycles. The minimum atomic E-state index is -0.913. The van der Waals surface area contributed by atoms with E-state index in [9.17, 15) is 0 Å². The van der Waals surface area contributed by atoms with Gasteiger partial charge in [0, 0.05) is 29.9 Å². The zero-order valence-corrected chi connectivity index (χ0v) is 12.6. The molecule has 0 N–H and O–H groups in total. The van der Waals surface area contributed by atoms with Gasteiger partial charge in [0.2, 0.25) is 5.66 Å².